The largest absolute Gasteiger partial charge is 0.364 e. The van der Waals surface area contributed by atoms with Crippen molar-refractivity contribution in [1.82, 2.24) is 9.88 Å². The van der Waals surface area contributed by atoms with Gasteiger partial charge in [0.25, 0.3) is 5.91 Å². The number of primary amides is 1. The van der Waals surface area contributed by atoms with Crippen LogP contribution in [0.25, 0.3) is 0 Å². The van der Waals surface area contributed by atoms with Crippen molar-refractivity contribution >= 4 is 40.6 Å². The van der Waals surface area contributed by atoms with Gasteiger partial charge in [-0.25, -0.2) is 4.98 Å². The first-order chi connectivity index (χ1) is 10.5. The van der Waals surface area contributed by atoms with Gasteiger partial charge in [0.2, 0.25) is 0 Å². The van der Waals surface area contributed by atoms with Crippen molar-refractivity contribution in [1.29, 1.82) is 0 Å². The molecule has 22 heavy (non-hydrogen) atoms. The molecule has 1 unspecified atom stereocenters. The molecule has 0 saturated carbocycles. The second-order valence-corrected chi connectivity index (χ2v) is 7.69. The maximum atomic E-state index is 11.3. The van der Waals surface area contributed by atoms with E-state index in [1.165, 1.54) is 11.3 Å². The molecule has 0 saturated heterocycles. The minimum atomic E-state index is -0.493. The Morgan fingerprint density at radius 2 is 2.18 bits per heavy atom. The standard InChI is InChI=1S/C15H18ClN3OS2/c1-19(2)7-8-21-13(10-5-3-4-6-11(10)16)12-9-18-15(22-12)14(17)20/h3-6,9,13H,7-8H2,1-2H3,(H2,17,20). The van der Waals surface area contributed by atoms with Crippen LogP contribution in [0.5, 0.6) is 0 Å². The minimum Gasteiger partial charge on any atom is -0.364 e. The van der Waals surface area contributed by atoms with Crippen LogP contribution < -0.4 is 5.73 Å². The molecule has 1 aromatic heterocycles. The molecule has 0 spiro atoms. The van der Waals surface area contributed by atoms with Crippen LogP contribution in [-0.2, 0) is 0 Å². The predicted molar refractivity (Wildman–Crippen MR) is 94.9 cm³/mol. The highest BCUT2D eigenvalue weighted by Gasteiger charge is 2.21. The van der Waals surface area contributed by atoms with Crippen molar-refractivity contribution in [3.05, 3.63) is 50.9 Å². The molecular formula is C15H18ClN3OS2. The molecule has 1 heterocycles. The normalized spacial score (nSPS) is 12.5. The third-order valence-electron chi connectivity index (χ3n) is 3.00. The number of hydrogen-bond acceptors (Lipinski definition) is 5. The molecule has 4 nitrogen and oxygen atoms in total. The zero-order valence-corrected chi connectivity index (χ0v) is 14.8. The summed E-state index contributed by atoms with van der Waals surface area (Å²) in [5.74, 6) is 0.458. The van der Waals surface area contributed by atoms with E-state index >= 15 is 0 Å². The first-order valence-corrected chi connectivity index (χ1v) is 8.99. The van der Waals surface area contributed by atoms with Crippen molar-refractivity contribution in [2.45, 2.75) is 5.25 Å². The van der Waals surface area contributed by atoms with E-state index in [0.717, 1.165) is 27.8 Å². The van der Waals surface area contributed by atoms with Crippen LogP contribution in [0.1, 0.15) is 25.5 Å². The fourth-order valence-corrected chi connectivity index (χ4v) is 4.63. The van der Waals surface area contributed by atoms with Crippen molar-refractivity contribution in [3.63, 3.8) is 0 Å². The van der Waals surface area contributed by atoms with Crippen LogP contribution >= 0.6 is 34.7 Å². The highest BCUT2D eigenvalue weighted by Crippen LogP contribution is 2.41. The number of thiazole rings is 1. The Labute approximate surface area is 143 Å². The van der Waals surface area contributed by atoms with E-state index in [1.54, 1.807) is 18.0 Å². The van der Waals surface area contributed by atoms with Gasteiger partial charge < -0.3 is 10.6 Å². The molecule has 2 N–H and O–H groups in total. The predicted octanol–water partition coefficient (Wildman–Crippen LogP) is 3.28. The van der Waals surface area contributed by atoms with Crippen LogP contribution in [0.15, 0.2) is 30.5 Å². The van der Waals surface area contributed by atoms with E-state index in [1.807, 2.05) is 38.4 Å². The molecule has 0 aliphatic carbocycles. The Bertz CT molecular complexity index is 645. The van der Waals surface area contributed by atoms with Gasteiger partial charge in [-0.1, -0.05) is 29.8 Å². The summed E-state index contributed by atoms with van der Waals surface area (Å²) in [6.45, 7) is 0.965. The number of halogens is 1. The fraction of sp³-hybridized carbons (Fsp3) is 0.333. The third-order valence-corrected chi connectivity index (χ3v) is 5.83. The van der Waals surface area contributed by atoms with E-state index in [0.29, 0.717) is 5.01 Å². The Morgan fingerprint density at radius 3 is 2.77 bits per heavy atom. The molecular weight excluding hydrogens is 338 g/mol. The Hall–Kier alpha value is -1.08. The van der Waals surface area contributed by atoms with Gasteiger partial charge in [0.05, 0.1) is 5.25 Å². The van der Waals surface area contributed by atoms with Crippen molar-refractivity contribution in [3.8, 4) is 0 Å². The molecule has 0 fully saturated rings. The number of rotatable bonds is 7. The Kier molecular flexibility index (Phi) is 6.26. The zero-order chi connectivity index (χ0) is 16.1. The zero-order valence-electron chi connectivity index (χ0n) is 12.5. The van der Waals surface area contributed by atoms with E-state index in [-0.39, 0.29) is 5.25 Å². The van der Waals surface area contributed by atoms with E-state index in [4.69, 9.17) is 17.3 Å². The lowest BCUT2D eigenvalue weighted by atomic mass is 10.1. The molecule has 0 aliphatic rings. The number of hydrogen-bond donors (Lipinski definition) is 1. The summed E-state index contributed by atoms with van der Waals surface area (Å²) in [4.78, 5) is 18.5. The maximum absolute atomic E-state index is 11.3. The molecule has 7 heteroatoms. The lowest BCUT2D eigenvalue weighted by molar-refractivity contribution is 0.1000. The van der Waals surface area contributed by atoms with Gasteiger partial charge in [-0.2, -0.15) is 0 Å². The van der Waals surface area contributed by atoms with Crippen LogP contribution in [0.3, 0.4) is 0 Å². The fourth-order valence-electron chi connectivity index (χ4n) is 1.89. The van der Waals surface area contributed by atoms with E-state index < -0.39 is 5.91 Å². The average molecular weight is 356 g/mol. The monoisotopic (exact) mass is 355 g/mol. The first-order valence-electron chi connectivity index (χ1n) is 6.75. The van der Waals surface area contributed by atoms with Gasteiger partial charge in [0.1, 0.15) is 0 Å². The average Bonchev–Trinajstić information content (AvgIpc) is 2.94. The lowest BCUT2D eigenvalue weighted by Gasteiger charge is -2.18. The summed E-state index contributed by atoms with van der Waals surface area (Å²) in [5, 5.41) is 1.11. The van der Waals surface area contributed by atoms with Crippen LogP contribution in [0.2, 0.25) is 5.02 Å². The Morgan fingerprint density at radius 1 is 1.45 bits per heavy atom. The van der Waals surface area contributed by atoms with Crippen LogP contribution in [0, 0.1) is 0 Å². The topological polar surface area (TPSA) is 59.2 Å². The number of nitrogens with two attached hydrogens (primary N) is 1. The molecule has 0 bridgehead atoms. The SMILES string of the molecule is CN(C)CCSC(c1cnc(C(N)=O)s1)c1ccccc1Cl. The number of thioether (sulfide) groups is 1. The molecule has 0 radical (unpaired) electrons. The van der Waals surface area contributed by atoms with Crippen molar-refractivity contribution in [2.24, 2.45) is 5.73 Å². The highest BCUT2D eigenvalue weighted by atomic mass is 35.5. The molecule has 1 atom stereocenters. The second-order valence-electron chi connectivity index (χ2n) is 5.01. The summed E-state index contributed by atoms with van der Waals surface area (Å²) in [6, 6.07) is 7.78. The molecule has 1 aromatic carbocycles. The molecule has 0 aliphatic heterocycles. The minimum absolute atomic E-state index is 0.0549. The van der Waals surface area contributed by atoms with Gasteiger partial charge in [0.15, 0.2) is 5.01 Å². The van der Waals surface area contributed by atoms with Crippen LogP contribution in [0.4, 0.5) is 0 Å². The summed E-state index contributed by atoms with van der Waals surface area (Å²) in [6.07, 6.45) is 1.72. The highest BCUT2D eigenvalue weighted by molar-refractivity contribution is 7.99. The number of benzene rings is 1. The molecule has 2 aromatic rings. The summed E-state index contributed by atoms with van der Waals surface area (Å²) in [5.41, 5.74) is 6.34. The Balaban J connectivity index is 2.28. The molecule has 118 valence electrons. The van der Waals surface area contributed by atoms with Gasteiger partial charge >= 0.3 is 0 Å². The van der Waals surface area contributed by atoms with Gasteiger partial charge in [-0.05, 0) is 25.7 Å². The first kappa shape index (κ1) is 17.3. The number of nitrogens with zero attached hydrogens (tertiary/aromatic N) is 2. The quantitative estimate of drug-likeness (QED) is 0.828. The van der Waals surface area contributed by atoms with E-state index in [9.17, 15) is 4.79 Å². The van der Waals surface area contributed by atoms with E-state index in [2.05, 4.69) is 9.88 Å². The smallest absolute Gasteiger partial charge is 0.277 e. The number of amides is 1. The summed E-state index contributed by atoms with van der Waals surface area (Å²) < 4.78 is 0. The number of carbonyl (C=O) groups is 1. The maximum Gasteiger partial charge on any atom is 0.277 e. The van der Waals surface area contributed by atoms with Crippen LogP contribution in [-0.4, -0.2) is 42.2 Å². The molecule has 2 rings (SSSR count). The lowest BCUT2D eigenvalue weighted by Crippen LogP contribution is -2.15. The third kappa shape index (κ3) is 4.46. The van der Waals surface area contributed by atoms with Crippen molar-refractivity contribution < 1.29 is 4.79 Å². The summed E-state index contributed by atoms with van der Waals surface area (Å²) in [7, 11) is 4.09. The summed E-state index contributed by atoms with van der Waals surface area (Å²) >= 11 is 9.47. The van der Waals surface area contributed by atoms with Gasteiger partial charge in [-0.3, -0.25) is 4.79 Å². The second kappa shape index (κ2) is 7.97. The van der Waals surface area contributed by atoms with Gasteiger partial charge in [-0.15, -0.1) is 23.1 Å². The van der Waals surface area contributed by atoms with Crippen molar-refractivity contribution in [2.75, 3.05) is 26.4 Å². The van der Waals surface area contributed by atoms with Gasteiger partial charge in [0, 0.05) is 28.4 Å². The number of carbonyl (C=O) groups excluding carboxylic acids is 1. The number of aromatic nitrogens is 1. The molecule has 1 amide bonds.